The molecule has 4 saturated carbocycles. The van der Waals surface area contributed by atoms with Gasteiger partial charge in [0.15, 0.2) is 5.96 Å². The van der Waals surface area contributed by atoms with E-state index in [0.717, 1.165) is 68.4 Å². The molecule has 0 unspecified atom stereocenters. The molecule has 2 N–H and O–H groups in total. The molecule has 21 heavy (non-hydrogen) atoms. The molecule has 0 aromatic rings. The Bertz CT molecular complexity index is 367. The molecule has 4 aliphatic carbocycles. The zero-order valence-corrected chi connectivity index (χ0v) is 15.1. The molecular weight excluding hydrogens is 377 g/mol. The van der Waals surface area contributed by atoms with Crippen LogP contribution < -0.4 is 5.73 Å². The average molecular weight is 405 g/mol. The van der Waals surface area contributed by atoms with Crippen LogP contribution >= 0.6 is 24.0 Å². The molecule has 1 heterocycles. The zero-order chi connectivity index (χ0) is 13.5. The van der Waals surface area contributed by atoms with Crippen molar-refractivity contribution in [1.82, 2.24) is 4.90 Å². The third kappa shape index (κ3) is 3.19. The number of hydrogen-bond donors (Lipinski definition) is 1. The van der Waals surface area contributed by atoms with Crippen LogP contribution in [0.15, 0.2) is 4.99 Å². The maximum atomic E-state index is 6.17. The lowest BCUT2D eigenvalue weighted by Crippen LogP contribution is -2.47. The highest BCUT2D eigenvalue weighted by atomic mass is 127. The first kappa shape index (κ1) is 15.8. The SMILES string of the molecule is I.NC(=NCC1C2CC3CC(C2)CC1C3)N1CCOCC1. The van der Waals surface area contributed by atoms with Gasteiger partial charge in [-0.1, -0.05) is 0 Å². The van der Waals surface area contributed by atoms with E-state index in [1.165, 1.54) is 32.1 Å². The predicted molar refractivity (Wildman–Crippen MR) is 94.8 cm³/mol. The molecule has 4 bridgehead atoms. The second-order valence-corrected chi connectivity index (χ2v) is 7.39. The molecule has 0 aromatic carbocycles. The summed E-state index contributed by atoms with van der Waals surface area (Å²) in [6.07, 6.45) is 7.43. The lowest BCUT2D eigenvalue weighted by Gasteiger charge is -2.54. The van der Waals surface area contributed by atoms with E-state index in [2.05, 4.69) is 4.90 Å². The number of nitrogens with two attached hydrogens (primary N) is 1. The van der Waals surface area contributed by atoms with Gasteiger partial charge in [0, 0.05) is 19.6 Å². The number of hydrogen-bond acceptors (Lipinski definition) is 2. The first-order chi connectivity index (χ1) is 9.79. The highest BCUT2D eigenvalue weighted by molar-refractivity contribution is 14.0. The fourth-order valence-electron chi connectivity index (χ4n) is 5.43. The quantitative estimate of drug-likeness (QED) is 0.436. The fraction of sp³-hybridized carbons (Fsp3) is 0.938. The molecule has 5 rings (SSSR count). The van der Waals surface area contributed by atoms with Gasteiger partial charge >= 0.3 is 0 Å². The van der Waals surface area contributed by atoms with Gasteiger partial charge in [-0.2, -0.15) is 0 Å². The minimum Gasteiger partial charge on any atom is -0.378 e. The first-order valence-electron chi connectivity index (χ1n) is 8.42. The van der Waals surface area contributed by atoms with Crippen LogP contribution in [0, 0.1) is 29.6 Å². The summed E-state index contributed by atoms with van der Waals surface area (Å²) in [6.45, 7) is 4.34. The molecule has 5 fully saturated rings. The second kappa shape index (κ2) is 6.60. The second-order valence-electron chi connectivity index (χ2n) is 7.39. The summed E-state index contributed by atoms with van der Waals surface area (Å²) < 4.78 is 5.37. The van der Waals surface area contributed by atoms with Crippen molar-refractivity contribution in [2.24, 2.45) is 40.3 Å². The number of nitrogens with zero attached hydrogens (tertiary/aromatic N) is 2. The highest BCUT2D eigenvalue weighted by Crippen LogP contribution is 2.56. The first-order valence-corrected chi connectivity index (χ1v) is 8.42. The van der Waals surface area contributed by atoms with Gasteiger partial charge in [-0.25, -0.2) is 0 Å². The van der Waals surface area contributed by atoms with E-state index in [-0.39, 0.29) is 24.0 Å². The average Bonchev–Trinajstić information content (AvgIpc) is 2.46. The van der Waals surface area contributed by atoms with Gasteiger partial charge in [0.1, 0.15) is 0 Å². The van der Waals surface area contributed by atoms with Crippen molar-refractivity contribution >= 4 is 29.9 Å². The monoisotopic (exact) mass is 405 g/mol. The molecule has 1 saturated heterocycles. The van der Waals surface area contributed by atoms with Crippen molar-refractivity contribution in [2.45, 2.75) is 32.1 Å². The van der Waals surface area contributed by atoms with Gasteiger partial charge in [0.25, 0.3) is 0 Å². The Labute approximate surface area is 144 Å². The maximum absolute atomic E-state index is 6.17. The van der Waals surface area contributed by atoms with Gasteiger partial charge in [0.2, 0.25) is 0 Å². The largest absolute Gasteiger partial charge is 0.378 e. The summed E-state index contributed by atoms with van der Waals surface area (Å²) in [5, 5.41) is 0. The predicted octanol–water partition coefficient (Wildman–Crippen LogP) is 2.32. The summed E-state index contributed by atoms with van der Waals surface area (Å²) in [5.41, 5.74) is 6.17. The zero-order valence-electron chi connectivity index (χ0n) is 12.7. The fourth-order valence-corrected chi connectivity index (χ4v) is 5.43. The minimum absolute atomic E-state index is 0. The Morgan fingerprint density at radius 2 is 1.57 bits per heavy atom. The molecule has 0 radical (unpaired) electrons. The van der Waals surface area contributed by atoms with E-state index in [1.54, 1.807) is 0 Å². The molecule has 1 aliphatic heterocycles. The summed E-state index contributed by atoms with van der Waals surface area (Å²) in [4.78, 5) is 6.94. The lowest BCUT2D eigenvalue weighted by atomic mass is 9.52. The Hall–Kier alpha value is -0.0400. The van der Waals surface area contributed by atoms with Crippen LogP contribution in [0.4, 0.5) is 0 Å². The van der Waals surface area contributed by atoms with E-state index in [0.29, 0.717) is 0 Å². The maximum Gasteiger partial charge on any atom is 0.191 e. The van der Waals surface area contributed by atoms with Crippen molar-refractivity contribution in [3.05, 3.63) is 0 Å². The number of rotatable bonds is 2. The molecule has 5 aliphatic rings. The van der Waals surface area contributed by atoms with E-state index >= 15 is 0 Å². The van der Waals surface area contributed by atoms with E-state index < -0.39 is 0 Å². The van der Waals surface area contributed by atoms with E-state index in [9.17, 15) is 0 Å². The number of guanidine groups is 1. The van der Waals surface area contributed by atoms with Crippen molar-refractivity contribution in [1.29, 1.82) is 0 Å². The van der Waals surface area contributed by atoms with Crippen LogP contribution in [0.1, 0.15) is 32.1 Å². The smallest absolute Gasteiger partial charge is 0.191 e. The van der Waals surface area contributed by atoms with Crippen LogP contribution in [0.2, 0.25) is 0 Å². The third-order valence-corrected chi connectivity index (χ3v) is 6.22. The normalized spacial score (nSPS) is 42.0. The lowest BCUT2D eigenvalue weighted by molar-refractivity contribution is -0.0321. The van der Waals surface area contributed by atoms with Crippen molar-refractivity contribution in [2.75, 3.05) is 32.8 Å². The van der Waals surface area contributed by atoms with Crippen LogP contribution in [-0.2, 0) is 4.74 Å². The molecule has 4 nitrogen and oxygen atoms in total. The molecule has 0 amide bonds. The van der Waals surface area contributed by atoms with Crippen LogP contribution in [0.25, 0.3) is 0 Å². The molecular formula is C16H28IN3O. The summed E-state index contributed by atoms with van der Waals surface area (Å²) in [7, 11) is 0. The van der Waals surface area contributed by atoms with Gasteiger partial charge < -0.3 is 15.4 Å². The Balaban J connectivity index is 0.00000132. The molecule has 5 heteroatoms. The van der Waals surface area contributed by atoms with Gasteiger partial charge in [-0.3, -0.25) is 4.99 Å². The number of halogens is 1. The Kier molecular flexibility index (Phi) is 4.98. The van der Waals surface area contributed by atoms with Crippen molar-refractivity contribution in [3.63, 3.8) is 0 Å². The summed E-state index contributed by atoms with van der Waals surface area (Å²) >= 11 is 0. The number of ether oxygens (including phenoxy) is 1. The van der Waals surface area contributed by atoms with Crippen molar-refractivity contribution in [3.8, 4) is 0 Å². The Morgan fingerprint density at radius 3 is 2.14 bits per heavy atom. The number of aliphatic imine (C=N–C) groups is 1. The summed E-state index contributed by atoms with van der Waals surface area (Å²) in [6, 6.07) is 0. The van der Waals surface area contributed by atoms with Gasteiger partial charge in [-0.15, -0.1) is 24.0 Å². The van der Waals surface area contributed by atoms with Crippen molar-refractivity contribution < 1.29 is 4.74 Å². The molecule has 0 spiro atoms. The summed E-state index contributed by atoms with van der Waals surface area (Å²) in [5.74, 6) is 5.58. The topological polar surface area (TPSA) is 50.8 Å². The van der Waals surface area contributed by atoms with E-state index in [1.807, 2.05) is 0 Å². The van der Waals surface area contributed by atoms with E-state index in [4.69, 9.17) is 15.5 Å². The van der Waals surface area contributed by atoms with Crippen LogP contribution in [-0.4, -0.2) is 43.7 Å². The Morgan fingerprint density at radius 1 is 1.00 bits per heavy atom. The molecule has 0 aromatic heterocycles. The van der Waals surface area contributed by atoms with Crippen LogP contribution in [0.5, 0.6) is 0 Å². The van der Waals surface area contributed by atoms with Gasteiger partial charge in [-0.05, 0) is 61.7 Å². The minimum atomic E-state index is 0. The highest BCUT2D eigenvalue weighted by Gasteiger charge is 2.47. The third-order valence-electron chi connectivity index (χ3n) is 6.22. The van der Waals surface area contributed by atoms with Gasteiger partial charge in [0.05, 0.1) is 13.2 Å². The molecule has 120 valence electrons. The number of morpholine rings is 1. The van der Waals surface area contributed by atoms with Crippen LogP contribution in [0.3, 0.4) is 0 Å². The molecule has 0 atom stereocenters. The standard InChI is InChI=1S/C16H27N3O.HI/c17-16(19-1-3-20-4-2-19)18-10-15-13-6-11-5-12(8-13)9-14(15)7-11;/h11-15H,1-10H2,(H2,17,18);1H.